The number of methoxy groups -OCH3 is 1. The van der Waals surface area contributed by atoms with Crippen LogP contribution in [0.2, 0.25) is 5.02 Å². The Bertz CT molecular complexity index is 1120. The summed E-state index contributed by atoms with van der Waals surface area (Å²) in [5.74, 6) is 1.45. The molecule has 1 aliphatic rings. The van der Waals surface area contributed by atoms with Gasteiger partial charge in [-0.2, -0.15) is 0 Å². The normalized spacial score (nSPS) is 11.9. The van der Waals surface area contributed by atoms with Gasteiger partial charge in [-0.1, -0.05) is 17.7 Å². The second-order valence-corrected chi connectivity index (χ2v) is 8.18. The first-order valence-corrected chi connectivity index (χ1v) is 11.1. The Morgan fingerprint density at radius 1 is 1.00 bits per heavy atom. The van der Waals surface area contributed by atoms with Crippen molar-refractivity contribution in [3.8, 4) is 11.5 Å². The molecule has 4 rings (SSSR count). The molecule has 0 fully saturated rings. The van der Waals surface area contributed by atoms with Crippen molar-refractivity contribution in [3.05, 3.63) is 82.8 Å². The molecule has 1 aromatic heterocycles. The molecule has 0 atom stereocenters. The molecule has 2 aromatic carbocycles. The molecule has 0 spiro atoms. The summed E-state index contributed by atoms with van der Waals surface area (Å²) < 4.78 is 21.5. The van der Waals surface area contributed by atoms with Crippen molar-refractivity contribution < 1.29 is 28.2 Å². The molecule has 34 heavy (non-hydrogen) atoms. The Morgan fingerprint density at radius 3 is 2.53 bits per heavy atom. The summed E-state index contributed by atoms with van der Waals surface area (Å²) in [7, 11) is 1.55. The van der Waals surface area contributed by atoms with E-state index in [1.807, 2.05) is 24.3 Å². The molecule has 178 valence electrons. The van der Waals surface area contributed by atoms with Gasteiger partial charge in [0.2, 0.25) is 12.7 Å². The van der Waals surface area contributed by atoms with E-state index in [9.17, 15) is 9.59 Å². The van der Waals surface area contributed by atoms with E-state index in [-0.39, 0.29) is 38.2 Å². The van der Waals surface area contributed by atoms with Crippen LogP contribution in [-0.4, -0.2) is 55.2 Å². The van der Waals surface area contributed by atoms with Gasteiger partial charge in [-0.3, -0.25) is 9.59 Å². The van der Waals surface area contributed by atoms with Gasteiger partial charge in [-0.15, -0.1) is 0 Å². The highest BCUT2D eigenvalue weighted by molar-refractivity contribution is 6.30. The molecular weight excluding hydrogens is 460 g/mol. The fourth-order valence-corrected chi connectivity index (χ4v) is 3.70. The van der Waals surface area contributed by atoms with Gasteiger partial charge in [0.15, 0.2) is 11.5 Å². The molecule has 0 aliphatic carbocycles. The van der Waals surface area contributed by atoms with Crippen LogP contribution in [0.5, 0.6) is 11.5 Å². The van der Waals surface area contributed by atoms with Gasteiger partial charge < -0.3 is 28.4 Å². The third-order valence-electron chi connectivity index (χ3n) is 5.36. The van der Waals surface area contributed by atoms with Crippen molar-refractivity contribution in [1.29, 1.82) is 0 Å². The third-order valence-corrected chi connectivity index (χ3v) is 5.61. The summed E-state index contributed by atoms with van der Waals surface area (Å²) >= 11 is 5.95. The van der Waals surface area contributed by atoms with E-state index in [4.69, 9.17) is 30.2 Å². The molecule has 8 nitrogen and oxygen atoms in total. The van der Waals surface area contributed by atoms with Crippen molar-refractivity contribution in [2.75, 3.05) is 33.6 Å². The second-order valence-electron chi connectivity index (χ2n) is 7.74. The first-order chi connectivity index (χ1) is 16.5. The zero-order valence-corrected chi connectivity index (χ0v) is 19.5. The van der Waals surface area contributed by atoms with Crippen LogP contribution in [0.25, 0.3) is 0 Å². The highest BCUT2D eigenvalue weighted by atomic mass is 35.5. The summed E-state index contributed by atoms with van der Waals surface area (Å²) in [6.45, 7) is 1.19. The SMILES string of the molecule is COCCN(CC(=O)N(Cc1ccc2c(c1)OCO2)Cc1ccco1)C(=O)c1ccc(Cl)cc1. The molecule has 0 saturated heterocycles. The van der Waals surface area contributed by atoms with Crippen molar-refractivity contribution in [2.45, 2.75) is 13.1 Å². The molecular formula is C25H25ClN2O6. The average Bonchev–Trinajstić information content (AvgIpc) is 3.53. The van der Waals surface area contributed by atoms with E-state index in [1.165, 1.54) is 4.90 Å². The number of carbonyl (C=O) groups is 2. The maximum atomic E-state index is 13.4. The van der Waals surface area contributed by atoms with E-state index in [1.54, 1.807) is 48.6 Å². The summed E-state index contributed by atoms with van der Waals surface area (Å²) in [5.41, 5.74) is 1.32. The largest absolute Gasteiger partial charge is 0.467 e. The quantitative estimate of drug-likeness (QED) is 0.433. The molecule has 2 heterocycles. The van der Waals surface area contributed by atoms with Crippen LogP contribution in [0, 0.1) is 0 Å². The fraction of sp³-hybridized carbons (Fsp3) is 0.280. The van der Waals surface area contributed by atoms with E-state index in [0.29, 0.717) is 41.0 Å². The van der Waals surface area contributed by atoms with Crippen LogP contribution in [0.4, 0.5) is 0 Å². The van der Waals surface area contributed by atoms with Crippen LogP contribution in [0.1, 0.15) is 21.7 Å². The van der Waals surface area contributed by atoms with E-state index in [0.717, 1.165) is 5.56 Å². The van der Waals surface area contributed by atoms with E-state index < -0.39 is 0 Å². The van der Waals surface area contributed by atoms with Gasteiger partial charge in [-0.25, -0.2) is 0 Å². The minimum atomic E-state index is -0.275. The number of hydrogen-bond acceptors (Lipinski definition) is 6. The number of amides is 2. The highest BCUT2D eigenvalue weighted by Gasteiger charge is 2.24. The topological polar surface area (TPSA) is 81.5 Å². The maximum Gasteiger partial charge on any atom is 0.254 e. The number of carbonyl (C=O) groups excluding carboxylic acids is 2. The molecule has 3 aromatic rings. The van der Waals surface area contributed by atoms with Gasteiger partial charge >= 0.3 is 0 Å². The predicted octanol–water partition coefficient (Wildman–Crippen LogP) is 3.98. The minimum absolute atomic E-state index is 0.115. The Hall–Kier alpha value is -3.49. The maximum absolute atomic E-state index is 13.4. The number of ether oxygens (including phenoxy) is 3. The van der Waals surface area contributed by atoms with Crippen LogP contribution in [-0.2, 0) is 22.6 Å². The predicted molar refractivity (Wildman–Crippen MR) is 125 cm³/mol. The Morgan fingerprint density at radius 2 is 1.79 bits per heavy atom. The molecule has 0 N–H and O–H groups in total. The summed E-state index contributed by atoms with van der Waals surface area (Å²) in [4.78, 5) is 29.7. The first kappa shape index (κ1) is 23.7. The lowest BCUT2D eigenvalue weighted by Gasteiger charge is -2.27. The molecule has 0 unspecified atom stereocenters. The minimum Gasteiger partial charge on any atom is -0.467 e. The van der Waals surface area contributed by atoms with Crippen molar-refractivity contribution in [1.82, 2.24) is 9.80 Å². The van der Waals surface area contributed by atoms with Crippen LogP contribution in [0.15, 0.2) is 65.3 Å². The van der Waals surface area contributed by atoms with Crippen LogP contribution < -0.4 is 9.47 Å². The Balaban J connectivity index is 1.53. The number of hydrogen-bond donors (Lipinski definition) is 0. The Labute approximate surface area is 202 Å². The second kappa shape index (κ2) is 11.1. The standard InChI is InChI=1S/C25H25ClN2O6/c1-31-12-10-27(25(30)19-5-7-20(26)8-6-19)16-24(29)28(15-21-3-2-11-32-21)14-18-4-9-22-23(13-18)34-17-33-22/h2-9,11,13H,10,12,14-17H2,1H3. The number of halogens is 1. The highest BCUT2D eigenvalue weighted by Crippen LogP contribution is 2.33. The first-order valence-electron chi connectivity index (χ1n) is 10.8. The lowest BCUT2D eigenvalue weighted by atomic mass is 10.1. The van der Waals surface area contributed by atoms with Crippen molar-refractivity contribution >= 4 is 23.4 Å². The summed E-state index contributed by atoms with van der Waals surface area (Å²) in [6.07, 6.45) is 1.56. The Kier molecular flexibility index (Phi) is 7.72. The molecule has 9 heteroatoms. The summed E-state index contributed by atoms with van der Waals surface area (Å²) in [5, 5.41) is 0.532. The number of furan rings is 1. The lowest BCUT2D eigenvalue weighted by molar-refractivity contribution is -0.133. The number of nitrogens with zero attached hydrogens (tertiary/aromatic N) is 2. The van der Waals surface area contributed by atoms with Crippen molar-refractivity contribution in [3.63, 3.8) is 0 Å². The summed E-state index contributed by atoms with van der Waals surface area (Å²) in [6, 6.07) is 15.7. The van der Waals surface area contributed by atoms with E-state index in [2.05, 4.69) is 0 Å². The van der Waals surface area contributed by atoms with Crippen molar-refractivity contribution in [2.24, 2.45) is 0 Å². The third kappa shape index (κ3) is 5.89. The van der Waals surface area contributed by atoms with Gasteiger partial charge in [0, 0.05) is 30.8 Å². The van der Waals surface area contributed by atoms with Gasteiger partial charge in [-0.05, 0) is 54.1 Å². The fourth-order valence-electron chi connectivity index (χ4n) is 3.57. The number of fused-ring (bicyclic) bond motifs is 1. The monoisotopic (exact) mass is 484 g/mol. The van der Waals surface area contributed by atoms with Crippen LogP contribution in [0.3, 0.4) is 0 Å². The molecule has 0 bridgehead atoms. The zero-order chi connectivity index (χ0) is 23.9. The number of benzene rings is 2. The number of rotatable bonds is 10. The van der Waals surface area contributed by atoms with Gasteiger partial charge in [0.25, 0.3) is 5.91 Å². The van der Waals surface area contributed by atoms with E-state index >= 15 is 0 Å². The van der Waals surface area contributed by atoms with Crippen LogP contribution >= 0.6 is 11.6 Å². The zero-order valence-electron chi connectivity index (χ0n) is 18.7. The lowest BCUT2D eigenvalue weighted by Crippen LogP contribution is -2.43. The molecule has 2 amide bonds. The smallest absolute Gasteiger partial charge is 0.254 e. The molecule has 1 aliphatic heterocycles. The van der Waals surface area contributed by atoms with Gasteiger partial charge in [0.05, 0.1) is 19.4 Å². The molecule has 0 radical (unpaired) electrons. The van der Waals surface area contributed by atoms with Gasteiger partial charge in [0.1, 0.15) is 12.3 Å². The molecule has 0 saturated carbocycles. The average molecular weight is 485 g/mol.